The van der Waals surface area contributed by atoms with E-state index in [-0.39, 0.29) is 11.6 Å². The number of carbonyl (C=O) groups is 2. The Labute approximate surface area is 217 Å². The molecule has 0 fully saturated rings. The SMILES string of the molecule is CCc1c(-c2ccc(-n3c(C)nn(C)c3=O)cc2)sc2cccc(C(=O)Nc3cccc(C(N)=O)c3)c12. The number of aromatic nitrogens is 3. The van der Waals surface area contributed by atoms with Crippen LogP contribution < -0.4 is 16.7 Å². The zero-order valence-corrected chi connectivity index (χ0v) is 21.4. The van der Waals surface area contributed by atoms with Crippen LogP contribution in [-0.2, 0) is 13.5 Å². The molecule has 5 rings (SSSR count). The van der Waals surface area contributed by atoms with Crippen LogP contribution in [0.5, 0.6) is 0 Å². The molecule has 0 spiro atoms. The highest BCUT2D eigenvalue weighted by molar-refractivity contribution is 7.22. The van der Waals surface area contributed by atoms with Gasteiger partial charge in [0.1, 0.15) is 5.82 Å². The highest BCUT2D eigenvalue weighted by Gasteiger charge is 2.20. The van der Waals surface area contributed by atoms with Gasteiger partial charge in [0.05, 0.1) is 5.69 Å². The highest BCUT2D eigenvalue weighted by Crippen LogP contribution is 2.41. The molecule has 2 amide bonds. The lowest BCUT2D eigenvalue weighted by atomic mass is 9.99. The second kappa shape index (κ2) is 9.51. The summed E-state index contributed by atoms with van der Waals surface area (Å²) in [4.78, 5) is 38.4. The molecular formula is C28H25N5O3S. The number of nitrogens with zero attached hydrogens (tertiary/aromatic N) is 3. The number of nitrogens with one attached hydrogen (secondary N) is 1. The van der Waals surface area contributed by atoms with Gasteiger partial charge in [-0.1, -0.05) is 31.2 Å². The number of hydrogen-bond donors (Lipinski definition) is 2. The Hall–Kier alpha value is -4.50. The van der Waals surface area contributed by atoms with E-state index in [0.717, 1.165) is 38.2 Å². The maximum atomic E-state index is 13.3. The normalized spacial score (nSPS) is 11.1. The van der Waals surface area contributed by atoms with Gasteiger partial charge >= 0.3 is 5.69 Å². The number of thiophene rings is 1. The summed E-state index contributed by atoms with van der Waals surface area (Å²) >= 11 is 1.63. The van der Waals surface area contributed by atoms with Crippen LogP contribution >= 0.6 is 11.3 Å². The summed E-state index contributed by atoms with van der Waals surface area (Å²) in [6, 6.07) is 20.1. The molecule has 0 atom stereocenters. The fraction of sp³-hybridized carbons (Fsp3) is 0.143. The molecule has 9 heteroatoms. The van der Waals surface area contributed by atoms with Crippen molar-refractivity contribution in [1.82, 2.24) is 14.3 Å². The van der Waals surface area contributed by atoms with E-state index >= 15 is 0 Å². The molecule has 0 aliphatic carbocycles. The Balaban J connectivity index is 1.54. The van der Waals surface area contributed by atoms with E-state index in [1.807, 2.05) is 42.5 Å². The third-order valence-corrected chi connectivity index (χ3v) is 7.54. The number of aryl methyl sites for hydroxylation is 3. The summed E-state index contributed by atoms with van der Waals surface area (Å²) in [6.45, 7) is 3.87. The average molecular weight is 512 g/mol. The van der Waals surface area contributed by atoms with Crippen LogP contribution in [0.3, 0.4) is 0 Å². The maximum Gasteiger partial charge on any atom is 0.350 e. The molecule has 3 aromatic carbocycles. The third kappa shape index (κ3) is 4.34. The molecule has 2 heterocycles. The molecule has 0 saturated carbocycles. The number of fused-ring (bicyclic) bond motifs is 1. The minimum atomic E-state index is -0.552. The molecule has 0 radical (unpaired) electrons. The van der Waals surface area contributed by atoms with Crippen molar-refractivity contribution < 1.29 is 9.59 Å². The van der Waals surface area contributed by atoms with Crippen LogP contribution in [0, 0.1) is 6.92 Å². The van der Waals surface area contributed by atoms with E-state index in [1.54, 1.807) is 54.1 Å². The standard InChI is InChI=1S/C28H25N5O3S/c1-4-21-24-22(27(35)30-19-8-5-7-18(15-19)26(29)34)9-6-10-23(24)37-25(21)17-11-13-20(14-12-17)33-16(2)31-32(3)28(33)36/h5-15H,4H2,1-3H3,(H2,29,34)(H,30,35). The molecule has 8 nitrogen and oxygen atoms in total. The second-order valence-electron chi connectivity index (χ2n) is 8.68. The Morgan fingerprint density at radius 2 is 1.78 bits per heavy atom. The van der Waals surface area contributed by atoms with E-state index in [4.69, 9.17) is 5.73 Å². The average Bonchev–Trinajstić information content (AvgIpc) is 3.39. The summed E-state index contributed by atoms with van der Waals surface area (Å²) < 4.78 is 3.90. The van der Waals surface area contributed by atoms with Crippen molar-refractivity contribution in [2.75, 3.05) is 5.32 Å². The second-order valence-corrected chi connectivity index (χ2v) is 9.73. The van der Waals surface area contributed by atoms with E-state index in [9.17, 15) is 14.4 Å². The number of rotatable bonds is 6. The van der Waals surface area contributed by atoms with Gasteiger partial charge in [0.2, 0.25) is 5.91 Å². The van der Waals surface area contributed by atoms with Crippen molar-refractivity contribution in [2.24, 2.45) is 12.8 Å². The van der Waals surface area contributed by atoms with Crippen LogP contribution in [0.15, 0.2) is 71.5 Å². The van der Waals surface area contributed by atoms with Gasteiger partial charge in [0, 0.05) is 38.8 Å². The molecule has 0 aliphatic rings. The predicted octanol–water partition coefficient (Wildman–Crippen LogP) is 4.67. The summed E-state index contributed by atoms with van der Waals surface area (Å²) in [5.74, 6) is -0.190. The molecule has 0 bridgehead atoms. The van der Waals surface area contributed by atoms with Gasteiger partial charge in [-0.25, -0.2) is 14.0 Å². The molecule has 0 aliphatic heterocycles. The van der Waals surface area contributed by atoms with Gasteiger partial charge in [-0.05, 0) is 66.9 Å². The van der Waals surface area contributed by atoms with E-state index in [2.05, 4.69) is 17.3 Å². The fourth-order valence-electron chi connectivity index (χ4n) is 4.57. The lowest BCUT2D eigenvalue weighted by Gasteiger charge is -2.09. The van der Waals surface area contributed by atoms with Crippen LogP contribution in [0.2, 0.25) is 0 Å². The number of anilines is 1. The lowest BCUT2D eigenvalue weighted by Crippen LogP contribution is -2.21. The minimum Gasteiger partial charge on any atom is -0.366 e. The predicted molar refractivity (Wildman–Crippen MR) is 147 cm³/mol. The summed E-state index contributed by atoms with van der Waals surface area (Å²) in [7, 11) is 1.63. The van der Waals surface area contributed by atoms with Gasteiger partial charge in [0.15, 0.2) is 0 Å². The third-order valence-electron chi connectivity index (χ3n) is 6.29. The zero-order chi connectivity index (χ0) is 26.3. The van der Waals surface area contributed by atoms with Crippen molar-refractivity contribution in [2.45, 2.75) is 20.3 Å². The summed E-state index contributed by atoms with van der Waals surface area (Å²) in [6.07, 6.45) is 0.736. The van der Waals surface area contributed by atoms with Crippen molar-refractivity contribution >= 4 is 38.9 Å². The van der Waals surface area contributed by atoms with Gasteiger partial charge < -0.3 is 11.1 Å². The Morgan fingerprint density at radius 1 is 1.05 bits per heavy atom. The van der Waals surface area contributed by atoms with Gasteiger partial charge in [-0.3, -0.25) is 9.59 Å². The maximum absolute atomic E-state index is 13.3. The molecule has 0 unspecified atom stereocenters. The number of nitrogens with two attached hydrogens (primary N) is 1. The first-order chi connectivity index (χ1) is 17.8. The Kier molecular flexibility index (Phi) is 6.22. The molecule has 5 aromatic rings. The molecule has 2 aromatic heterocycles. The molecule has 0 saturated heterocycles. The number of hydrogen-bond acceptors (Lipinski definition) is 5. The van der Waals surface area contributed by atoms with E-state index < -0.39 is 5.91 Å². The van der Waals surface area contributed by atoms with Gasteiger partial charge in [-0.2, -0.15) is 5.10 Å². The Morgan fingerprint density at radius 3 is 2.43 bits per heavy atom. The first-order valence-electron chi connectivity index (χ1n) is 11.8. The quantitative estimate of drug-likeness (QED) is 0.345. The topological polar surface area (TPSA) is 112 Å². The van der Waals surface area contributed by atoms with E-state index in [1.165, 1.54) is 4.68 Å². The minimum absolute atomic E-state index is 0.196. The summed E-state index contributed by atoms with van der Waals surface area (Å²) in [5, 5.41) is 8.02. The monoisotopic (exact) mass is 511 g/mol. The molecule has 3 N–H and O–H groups in total. The first kappa shape index (κ1) is 24.2. The highest BCUT2D eigenvalue weighted by atomic mass is 32.1. The van der Waals surface area contributed by atoms with Crippen molar-refractivity contribution in [3.05, 3.63) is 99.7 Å². The van der Waals surface area contributed by atoms with Gasteiger partial charge in [-0.15, -0.1) is 11.3 Å². The molecular weight excluding hydrogens is 486 g/mol. The molecule has 186 valence electrons. The Bertz CT molecular complexity index is 1730. The smallest absolute Gasteiger partial charge is 0.350 e. The number of amides is 2. The van der Waals surface area contributed by atoms with Crippen molar-refractivity contribution in [3.63, 3.8) is 0 Å². The molecule has 37 heavy (non-hydrogen) atoms. The van der Waals surface area contributed by atoms with Crippen molar-refractivity contribution in [1.29, 1.82) is 0 Å². The lowest BCUT2D eigenvalue weighted by molar-refractivity contribution is 0.0996. The first-order valence-corrected chi connectivity index (χ1v) is 12.6. The van der Waals surface area contributed by atoms with Crippen LogP contribution in [-0.4, -0.2) is 26.2 Å². The number of carbonyl (C=O) groups excluding carboxylic acids is 2. The fourth-order valence-corrected chi connectivity index (χ4v) is 5.89. The van der Waals surface area contributed by atoms with Crippen LogP contribution in [0.25, 0.3) is 26.2 Å². The number of benzene rings is 3. The number of primary amides is 1. The van der Waals surface area contributed by atoms with Gasteiger partial charge in [0.25, 0.3) is 5.91 Å². The largest absolute Gasteiger partial charge is 0.366 e. The summed E-state index contributed by atoms with van der Waals surface area (Å²) in [5.41, 5.74) is 9.42. The van der Waals surface area contributed by atoms with Crippen LogP contribution in [0.4, 0.5) is 5.69 Å². The zero-order valence-electron chi connectivity index (χ0n) is 20.6. The van der Waals surface area contributed by atoms with Crippen molar-refractivity contribution in [3.8, 4) is 16.1 Å². The van der Waals surface area contributed by atoms with Crippen LogP contribution in [0.1, 0.15) is 39.0 Å². The van der Waals surface area contributed by atoms with E-state index in [0.29, 0.717) is 22.6 Å².